The molecule has 0 aliphatic rings. The third-order valence-electron chi connectivity index (χ3n) is 2.67. The summed E-state index contributed by atoms with van der Waals surface area (Å²) in [6.45, 7) is 0. The first-order chi connectivity index (χ1) is 9.65. The van der Waals surface area contributed by atoms with Crippen LogP contribution in [0.2, 0.25) is 5.02 Å². The van der Waals surface area contributed by atoms with Gasteiger partial charge in [0.25, 0.3) is 0 Å². The number of nitrogens with zero attached hydrogens (tertiary/aromatic N) is 4. The summed E-state index contributed by atoms with van der Waals surface area (Å²) in [6.07, 6.45) is 4.45. The van der Waals surface area contributed by atoms with E-state index in [1.54, 1.807) is 30.6 Å². The maximum atomic E-state index is 11.0. The maximum absolute atomic E-state index is 11.0. The Morgan fingerprint density at radius 2 is 1.85 bits per heavy atom. The largest absolute Gasteiger partial charge is 0.476 e. The molecule has 0 saturated carbocycles. The monoisotopic (exact) mass is 286 g/mol. The molecule has 1 N–H and O–H groups in total. The highest BCUT2D eigenvalue weighted by atomic mass is 35.5. The van der Waals surface area contributed by atoms with Crippen molar-refractivity contribution in [1.29, 1.82) is 0 Å². The van der Waals surface area contributed by atoms with E-state index in [2.05, 4.69) is 19.9 Å². The van der Waals surface area contributed by atoms with E-state index in [1.807, 2.05) is 0 Å². The molecule has 0 amide bonds. The Hall–Kier alpha value is -2.60. The molecule has 0 fully saturated rings. The Morgan fingerprint density at radius 3 is 2.60 bits per heavy atom. The number of aromatic nitrogens is 4. The second-order valence-corrected chi connectivity index (χ2v) is 4.36. The van der Waals surface area contributed by atoms with Crippen LogP contribution in [0.4, 0.5) is 0 Å². The third-order valence-corrected chi connectivity index (χ3v) is 2.95. The van der Waals surface area contributed by atoms with Crippen molar-refractivity contribution in [3.05, 3.63) is 47.5 Å². The molecule has 3 aromatic rings. The predicted octanol–water partition coefficient (Wildman–Crippen LogP) is 2.44. The van der Waals surface area contributed by atoms with Crippen LogP contribution in [0, 0.1) is 0 Å². The van der Waals surface area contributed by atoms with Gasteiger partial charge in [-0.05, 0) is 18.2 Å². The number of benzene rings is 1. The lowest BCUT2D eigenvalue weighted by Gasteiger charge is -2.04. The number of carboxylic acid groups (broad SMARTS) is 1. The van der Waals surface area contributed by atoms with E-state index in [-0.39, 0.29) is 16.5 Å². The van der Waals surface area contributed by atoms with Gasteiger partial charge < -0.3 is 5.11 Å². The molecule has 0 aliphatic carbocycles. The van der Waals surface area contributed by atoms with Crippen molar-refractivity contribution in [2.24, 2.45) is 0 Å². The van der Waals surface area contributed by atoms with Crippen molar-refractivity contribution >= 4 is 28.6 Å². The van der Waals surface area contributed by atoms with Crippen LogP contribution in [0.25, 0.3) is 22.4 Å². The molecule has 6 nitrogen and oxygen atoms in total. The molecule has 0 spiro atoms. The number of hydrogen-bond donors (Lipinski definition) is 1. The third kappa shape index (κ3) is 2.17. The molecule has 98 valence electrons. The van der Waals surface area contributed by atoms with Gasteiger partial charge >= 0.3 is 5.97 Å². The van der Waals surface area contributed by atoms with E-state index in [0.29, 0.717) is 11.1 Å². The summed E-state index contributed by atoms with van der Waals surface area (Å²) in [5.74, 6) is -0.918. The zero-order chi connectivity index (χ0) is 14.1. The van der Waals surface area contributed by atoms with Gasteiger partial charge in [-0.3, -0.25) is 9.97 Å². The first-order valence-electron chi connectivity index (χ1n) is 5.62. The first kappa shape index (κ1) is 12.4. The highest BCUT2D eigenvalue weighted by molar-refractivity contribution is 6.33. The Balaban J connectivity index is 2.15. The molecule has 2 aromatic heterocycles. The summed E-state index contributed by atoms with van der Waals surface area (Å²) in [5, 5.41) is 9.01. The molecule has 3 rings (SSSR count). The van der Waals surface area contributed by atoms with Crippen molar-refractivity contribution in [3.8, 4) is 11.4 Å². The highest BCUT2D eigenvalue weighted by Crippen LogP contribution is 2.21. The van der Waals surface area contributed by atoms with Gasteiger partial charge in [0, 0.05) is 18.0 Å². The lowest BCUT2D eigenvalue weighted by Crippen LogP contribution is -2.04. The van der Waals surface area contributed by atoms with Gasteiger partial charge in [0.1, 0.15) is 0 Å². The van der Waals surface area contributed by atoms with E-state index in [9.17, 15) is 4.79 Å². The predicted molar refractivity (Wildman–Crippen MR) is 72.5 cm³/mol. The van der Waals surface area contributed by atoms with Gasteiger partial charge in [0.15, 0.2) is 11.5 Å². The Labute approximate surface area is 118 Å². The fraction of sp³-hybridized carbons (Fsp3) is 0. The quantitative estimate of drug-likeness (QED) is 0.778. The van der Waals surface area contributed by atoms with E-state index in [1.165, 1.54) is 6.20 Å². The summed E-state index contributed by atoms with van der Waals surface area (Å²) in [7, 11) is 0. The molecule has 20 heavy (non-hydrogen) atoms. The zero-order valence-corrected chi connectivity index (χ0v) is 10.7. The molecule has 1 aromatic carbocycles. The second-order valence-electron chi connectivity index (χ2n) is 3.96. The van der Waals surface area contributed by atoms with E-state index < -0.39 is 5.97 Å². The molecular formula is C13H7ClN4O2. The van der Waals surface area contributed by atoms with Crippen LogP contribution in [0.3, 0.4) is 0 Å². The van der Waals surface area contributed by atoms with Crippen molar-refractivity contribution < 1.29 is 9.90 Å². The summed E-state index contributed by atoms with van der Waals surface area (Å²) < 4.78 is 0. The molecule has 0 unspecified atom stereocenters. The van der Waals surface area contributed by atoms with Gasteiger partial charge in [-0.25, -0.2) is 14.8 Å². The first-order valence-corrected chi connectivity index (χ1v) is 6.00. The minimum atomic E-state index is -1.20. The molecule has 2 heterocycles. The van der Waals surface area contributed by atoms with Gasteiger partial charge in [0.05, 0.1) is 22.3 Å². The van der Waals surface area contributed by atoms with Crippen LogP contribution >= 0.6 is 11.6 Å². The molecule has 0 bridgehead atoms. The molecular weight excluding hydrogens is 280 g/mol. The molecule has 0 radical (unpaired) electrons. The molecule has 7 heteroatoms. The maximum Gasteiger partial charge on any atom is 0.356 e. The SMILES string of the molecule is O=C(O)c1nc(-c2ccc3nccnc3c2)ncc1Cl. The van der Waals surface area contributed by atoms with E-state index in [0.717, 1.165) is 5.52 Å². The minimum Gasteiger partial charge on any atom is -0.476 e. The van der Waals surface area contributed by atoms with Crippen LogP contribution in [-0.2, 0) is 0 Å². The lowest BCUT2D eigenvalue weighted by molar-refractivity contribution is 0.0690. The fourth-order valence-corrected chi connectivity index (χ4v) is 1.93. The summed E-state index contributed by atoms with van der Waals surface area (Å²) in [5.41, 5.74) is 1.84. The van der Waals surface area contributed by atoms with Crippen LogP contribution in [-0.4, -0.2) is 31.0 Å². The zero-order valence-electron chi connectivity index (χ0n) is 9.99. The van der Waals surface area contributed by atoms with Crippen LogP contribution < -0.4 is 0 Å². The molecule has 0 atom stereocenters. The molecule has 0 aliphatic heterocycles. The number of carboxylic acids is 1. The van der Waals surface area contributed by atoms with Gasteiger partial charge in [-0.2, -0.15) is 0 Å². The fourth-order valence-electron chi connectivity index (χ4n) is 1.76. The van der Waals surface area contributed by atoms with Crippen molar-refractivity contribution in [3.63, 3.8) is 0 Å². The average Bonchev–Trinajstić information content (AvgIpc) is 2.47. The number of fused-ring (bicyclic) bond motifs is 1. The summed E-state index contributed by atoms with van der Waals surface area (Å²) in [4.78, 5) is 27.4. The summed E-state index contributed by atoms with van der Waals surface area (Å²) in [6, 6.07) is 5.28. The second kappa shape index (κ2) is 4.82. The van der Waals surface area contributed by atoms with Crippen molar-refractivity contribution in [2.45, 2.75) is 0 Å². The topological polar surface area (TPSA) is 88.9 Å². The average molecular weight is 287 g/mol. The number of hydrogen-bond acceptors (Lipinski definition) is 5. The Kier molecular flexibility index (Phi) is 3.00. The van der Waals surface area contributed by atoms with Crippen LogP contribution in [0.1, 0.15) is 10.5 Å². The Morgan fingerprint density at radius 1 is 1.10 bits per heavy atom. The van der Waals surface area contributed by atoms with Gasteiger partial charge in [-0.15, -0.1) is 0 Å². The Bertz CT molecular complexity index is 822. The smallest absolute Gasteiger partial charge is 0.356 e. The number of rotatable bonds is 2. The minimum absolute atomic E-state index is 0.00170. The van der Waals surface area contributed by atoms with Crippen LogP contribution in [0.15, 0.2) is 36.8 Å². The molecule has 0 saturated heterocycles. The van der Waals surface area contributed by atoms with Crippen LogP contribution in [0.5, 0.6) is 0 Å². The summed E-state index contributed by atoms with van der Waals surface area (Å²) >= 11 is 5.75. The van der Waals surface area contributed by atoms with Crippen molar-refractivity contribution in [2.75, 3.05) is 0 Å². The number of halogens is 1. The normalized spacial score (nSPS) is 10.7. The van der Waals surface area contributed by atoms with Crippen molar-refractivity contribution in [1.82, 2.24) is 19.9 Å². The highest BCUT2D eigenvalue weighted by Gasteiger charge is 2.13. The lowest BCUT2D eigenvalue weighted by atomic mass is 10.2. The van der Waals surface area contributed by atoms with E-state index >= 15 is 0 Å². The number of carbonyl (C=O) groups is 1. The van der Waals surface area contributed by atoms with E-state index in [4.69, 9.17) is 16.7 Å². The number of aromatic carboxylic acids is 1. The standard InChI is InChI=1S/C13H7ClN4O2/c14-8-6-17-12(18-11(8)13(19)20)7-1-2-9-10(5-7)16-4-3-15-9/h1-6H,(H,19,20). The van der Waals surface area contributed by atoms with Gasteiger partial charge in [-0.1, -0.05) is 11.6 Å². The van der Waals surface area contributed by atoms with Gasteiger partial charge in [0.2, 0.25) is 0 Å².